The van der Waals surface area contributed by atoms with Crippen LogP contribution in [0.25, 0.3) is 38.4 Å². The summed E-state index contributed by atoms with van der Waals surface area (Å²) >= 11 is 7.77. The average molecular weight is 591 g/mol. The third-order valence-corrected chi connectivity index (χ3v) is 9.75. The number of anilines is 1. The topological polar surface area (TPSA) is 75.5 Å². The smallest absolute Gasteiger partial charge is 0.266 e. The van der Waals surface area contributed by atoms with Gasteiger partial charge in [-0.2, -0.15) is 0 Å². The number of likely N-dealkylation sites (N-methyl/N-ethyl adjacent to an activating group) is 1. The molecule has 40 heavy (non-hydrogen) atoms. The SMILES string of the molecule is CN1CCN(c2sc(-c3nc4ccccc4c(=O)n3-c3ccc(Cl)cc3)cc2-c2ccc(S(C)(=O)=O)cc2)CC1. The summed E-state index contributed by atoms with van der Waals surface area (Å²) in [7, 11) is -1.20. The first-order valence-electron chi connectivity index (χ1n) is 12.8. The molecule has 5 aromatic rings. The Balaban J connectivity index is 1.58. The molecule has 204 valence electrons. The van der Waals surface area contributed by atoms with Gasteiger partial charge in [0.1, 0.15) is 0 Å². The largest absolute Gasteiger partial charge is 0.360 e. The van der Waals surface area contributed by atoms with Gasteiger partial charge in [-0.05, 0) is 67.2 Å². The molecule has 1 saturated heterocycles. The first-order valence-corrected chi connectivity index (χ1v) is 15.9. The molecule has 0 bridgehead atoms. The predicted molar refractivity (Wildman–Crippen MR) is 164 cm³/mol. The highest BCUT2D eigenvalue weighted by Gasteiger charge is 2.24. The molecule has 0 atom stereocenters. The average Bonchev–Trinajstić information content (AvgIpc) is 3.39. The number of fused-ring (bicyclic) bond motifs is 1. The standard InChI is InChI=1S/C30H27ClN4O3S2/c1-33-15-17-34(18-16-33)30-25(20-7-13-23(14-8-20)40(2,37)38)19-27(39-30)28-32-26-6-4-3-5-24(26)29(36)35(28)22-11-9-21(31)10-12-22/h3-14,19H,15-18H2,1-2H3. The fourth-order valence-electron chi connectivity index (χ4n) is 4.95. The van der Waals surface area contributed by atoms with Crippen molar-refractivity contribution in [2.75, 3.05) is 44.4 Å². The van der Waals surface area contributed by atoms with Crippen molar-refractivity contribution >= 4 is 48.7 Å². The van der Waals surface area contributed by atoms with Crippen molar-refractivity contribution in [2.24, 2.45) is 0 Å². The predicted octanol–water partition coefficient (Wildman–Crippen LogP) is 5.59. The molecule has 1 aliphatic heterocycles. The third-order valence-electron chi connectivity index (χ3n) is 7.18. The maximum atomic E-state index is 13.9. The second-order valence-corrected chi connectivity index (χ2v) is 13.5. The Labute approximate surface area is 241 Å². The van der Waals surface area contributed by atoms with E-state index in [4.69, 9.17) is 16.6 Å². The number of para-hydroxylation sites is 1. The number of hydrogen-bond acceptors (Lipinski definition) is 7. The third kappa shape index (κ3) is 5.06. The van der Waals surface area contributed by atoms with Crippen LogP contribution in [0.3, 0.4) is 0 Å². The van der Waals surface area contributed by atoms with Crippen LogP contribution in [0.4, 0.5) is 5.00 Å². The number of benzene rings is 3. The summed E-state index contributed by atoms with van der Waals surface area (Å²) in [4.78, 5) is 24.6. The Kier molecular flexibility index (Phi) is 7.00. The number of piperazine rings is 1. The van der Waals surface area contributed by atoms with Crippen molar-refractivity contribution < 1.29 is 8.42 Å². The lowest BCUT2D eigenvalue weighted by atomic mass is 10.1. The van der Waals surface area contributed by atoms with Crippen LogP contribution in [0.15, 0.2) is 88.6 Å². The van der Waals surface area contributed by atoms with Crippen LogP contribution in [-0.2, 0) is 9.84 Å². The highest BCUT2D eigenvalue weighted by Crippen LogP contribution is 2.43. The van der Waals surface area contributed by atoms with E-state index in [-0.39, 0.29) is 10.5 Å². The van der Waals surface area contributed by atoms with E-state index in [0.29, 0.717) is 27.4 Å². The second kappa shape index (κ2) is 10.5. The number of sulfone groups is 1. The van der Waals surface area contributed by atoms with Crippen molar-refractivity contribution in [2.45, 2.75) is 4.90 Å². The zero-order valence-electron chi connectivity index (χ0n) is 22.0. The number of nitrogens with zero attached hydrogens (tertiary/aromatic N) is 4. The number of halogens is 1. The van der Waals surface area contributed by atoms with E-state index in [2.05, 4.69) is 22.9 Å². The number of thiophene rings is 1. The second-order valence-electron chi connectivity index (χ2n) is 9.99. The van der Waals surface area contributed by atoms with Crippen LogP contribution < -0.4 is 10.5 Å². The first kappa shape index (κ1) is 26.7. The Bertz CT molecular complexity index is 1870. The highest BCUT2D eigenvalue weighted by molar-refractivity contribution is 7.90. The van der Waals surface area contributed by atoms with Gasteiger partial charge in [-0.25, -0.2) is 13.4 Å². The van der Waals surface area contributed by atoms with E-state index < -0.39 is 9.84 Å². The molecule has 0 saturated carbocycles. The normalized spacial score (nSPS) is 14.6. The Morgan fingerprint density at radius 3 is 2.25 bits per heavy atom. The molecule has 1 aliphatic rings. The van der Waals surface area contributed by atoms with Crippen LogP contribution in [0.5, 0.6) is 0 Å². The lowest BCUT2D eigenvalue weighted by Gasteiger charge is -2.33. The van der Waals surface area contributed by atoms with Gasteiger partial charge in [0.25, 0.3) is 5.56 Å². The fraction of sp³-hybridized carbons (Fsp3) is 0.200. The monoisotopic (exact) mass is 590 g/mol. The summed E-state index contributed by atoms with van der Waals surface area (Å²) in [5, 5.41) is 2.19. The van der Waals surface area contributed by atoms with Crippen molar-refractivity contribution in [3.63, 3.8) is 0 Å². The first-order chi connectivity index (χ1) is 19.2. The lowest BCUT2D eigenvalue weighted by Crippen LogP contribution is -2.44. The van der Waals surface area contributed by atoms with Crippen molar-refractivity contribution in [3.8, 4) is 27.5 Å². The van der Waals surface area contributed by atoms with Crippen LogP contribution in [-0.4, -0.2) is 62.4 Å². The van der Waals surface area contributed by atoms with Gasteiger partial charge in [0.15, 0.2) is 15.7 Å². The molecule has 3 heterocycles. The van der Waals surface area contributed by atoms with Gasteiger partial charge in [-0.15, -0.1) is 11.3 Å². The van der Waals surface area contributed by atoms with Gasteiger partial charge in [0, 0.05) is 43.0 Å². The molecule has 7 nitrogen and oxygen atoms in total. The quantitative estimate of drug-likeness (QED) is 0.266. The summed E-state index contributed by atoms with van der Waals surface area (Å²) in [5.41, 5.74) is 3.04. The van der Waals surface area contributed by atoms with E-state index in [1.54, 1.807) is 46.2 Å². The van der Waals surface area contributed by atoms with Crippen LogP contribution >= 0.6 is 22.9 Å². The van der Waals surface area contributed by atoms with E-state index in [1.807, 2.05) is 42.5 Å². The zero-order chi connectivity index (χ0) is 28.0. The van der Waals surface area contributed by atoms with Crippen molar-refractivity contribution in [1.29, 1.82) is 0 Å². The Morgan fingerprint density at radius 2 is 1.57 bits per heavy atom. The molecule has 6 rings (SSSR count). The summed E-state index contributed by atoms with van der Waals surface area (Å²) < 4.78 is 25.8. The number of hydrogen-bond donors (Lipinski definition) is 0. The minimum atomic E-state index is -3.31. The molecule has 0 amide bonds. The van der Waals surface area contributed by atoms with Gasteiger partial charge in [0.2, 0.25) is 0 Å². The molecular weight excluding hydrogens is 564 g/mol. The van der Waals surface area contributed by atoms with E-state index >= 15 is 0 Å². The van der Waals surface area contributed by atoms with Gasteiger partial charge < -0.3 is 9.80 Å². The number of aromatic nitrogens is 2. The van der Waals surface area contributed by atoms with Crippen LogP contribution in [0, 0.1) is 0 Å². The summed E-state index contributed by atoms with van der Waals surface area (Å²) in [6.07, 6.45) is 1.21. The van der Waals surface area contributed by atoms with Gasteiger partial charge in [0.05, 0.1) is 31.4 Å². The summed E-state index contributed by atoms with van der Waals surface area (Å²) in [6.45, 7) is 3.59. The zero-order valence-corrected chi connectivity index (χ0v) is 24.4. The summed E-state index contributed by atoms with van der Waals surface area (Å²) in [5.74, 6) is 0.547. The van der Waals surface area contributed by atoms with Crippen molar-refractivity contribution in [3.05, 3.63) is 94.2 Å². The molecule has 3 aromatic carbocycles. The molecule has 0 N–H and O–H groups in total. The molecule has 10 heteroatoms. The fourth-order valence-corrected chi connectivity index (χ4v) is 6.92. The number of rotatable bonds is 5. The van der Waals surface area contributed by atoms with E-state index in [9.17, 15) is 13.2 Å². The Morgan fingerprint density at radius 1 is 0.900 bits per heavy atom. The highest BCUT2D eigenvalue weighted by atomic mass is 35.5. The molecule has 0 aliphatic carbocycles. The molecule has 2 aromatic heterocycles. The molecule has 1 fully saturated rings. The Hall–Kier alpha value is -3.50. The maximum absolute atomic E-state index is 13.9. The minimum Gasteiger partial charge on any atom is -0.360 e. The van der Waals surface area contributed by atoms with Crippen molar-refractivity contribution in [1.82, 2.24) is 14.5 Å². The van der Waals surface area contributed by atoms with E-state index in [1.165, 1.54) is 6.26 Å². The molecule has 0 radical (unpaired) electrons. The van der Waals surface area contributed by atoms with Crippen LogP contribution in [0.2, 0.25) is 5.02 Å². The maximum Gasteiger partial charge on any atom is 0.266 e. The molecule has 0 unspecified atom stereocenters. The van der Waals surface area contributed by atoms with Gasteiger partial charge >= 0.3 is 0 Å². The lowest BCUT2D eigenvalue weighted by molar-refractivity contribution is 0.313. The van der Waals surface area contributed by atoms with E-state index in [0.717, 1.165) is 47.2 Å². The van der Waals surface area contributed by atoms with Crippen LogP contribution in [0.1, 0.15) is 0 Å². The molecular formula is C30H27ClN4O3S2. The minimum absolute atomic E-state index is 0.156. The summed E-state index contributed by atoms with van der Waals surface area (Å²) in [6, 6.07) is 23.6. The van der Waals surface area contributed by atoms with Gasteiger partial charge in [-0.1, -0.05) is 35.9 Å². The van der Waals surface area contributed by atoms with Gasteiger partial charge in [-0.3, -0.25) is 9.36 Å². The molecule has 0 spiro atoms.